The van der Waals surface area contributed by atoms with Gasteiger partial charge >= 0.3 is 12.1 Å². The summed E-state index contributed by atoms with van der Waals surface area (Å²) in [6.07, 6.45) is 0.00859. The van der Waals surface area contributed by atoms with Gasteiger partial charge in [0, 0.05) is 18.5 Å². The molecule has 25 heavy (non-hydrogen) atoms. The van der Waals surface area contributed by atoms with Crippen molar-refractivity contribution in [2.45, 2.75) is 51.7 Å². The summed E-state index contributed by atoms with van der Waals surface area (Å²) in [5.41, 5.74) is 1.25. The van der Waals surface area contributed by atoms with Crippen molar-refractivity contribution in [2.75, 3.05) is 0 Å². The molecule has 1 heterocycles. The molecule has 5 nitrogen and oxygen atoms in total. The maximum Gasteiger partial charge on any atom is 0.471 e. The third-order valence-corrected chi connectivity index (χ3v) is 3.63. The van der Waals surface area contributed by atoms with Crippen molar-refractivity contribution in [3.05, 3.63) is 35.7 Å². The molecular formula is C17H20F3N3O2. The molecule has 0 bridgehead atoms. The summed E-state index contributed by atoms with van der Waals surface area (Å²) in [4.78, 5) is 15.0. The zero-order valence-electron chi connectivity index (χ0n) is 13.9. The third-order valence-electron chi connectivity index (χ3n) is 3.63. The van der Waals surface area contributed by atoms with Crippen molar-refractivity contribution in [1.29, 1.82) is 0 Å². The molecule has 0 saturated heterocycles. The highest BCUT2D eigenvalue weighted by atomic mass is 19.4. The number of unbranched alkanes of at least 4 members (excludes halogenated alkanes) is 3. The number of hydrogen-bond acceptors (Lipinski definition) is 4. The van der Waals surface area contributed by atoms with E-state index in [1.54, 1.807) is 24.3 Å². The number of carbonyl (C=O) groups excluding carboxylic acids is 1. The fourth-order valence-electron chi connectivity index (χ4n) is 2.23. The van der Waals surface area contributed by atoms with Crippen molar-refractivity contribution < 1.29 is 22.5 Å². The molecule has 0 fully saturated rings. The highest BCUT2D eigenvalue weighted by Gasteiger charge is 2.38. The molecule has 1 amide bonds. The van der Waals surface area contributed by atoms with Crippen LogP contribution >= 0.6 is 0 Å². The number of benzene rings is 1. The Hall–Kier alpha value is -2.38. The van der Waals surface area contributed by atoms with Crippen LogP contribution in [0.25, 0.3) is 11.4 Å². The van der Waals surface area contributed by atoms with Crippen LogP contribution in [0.2, 0.25) is 0 Å². The Morgan fingerprint density at radius 2 is 1.88 bits per heavy atom. The van der Waals surface area contributed by atoms with Crippen molar-refractivity contribution in [3.63, 3.8) is 0 Å². The summed E-state index contributed by atoms with van der Waals surface area (Å²) >= 11 is 0. The van der Waals surface area contributed by atoms with Crippen LogP contribution in [0.1, 0.15) is 50.5 Å². The van der Waals surface area contributed by atoms with Gasteiger partial charge < -0.3 is 9.84 Å². The molecule has 1 aromatic carbocycles. The molecule has 2 aromatic rings. The summed E-state index contributed by atoms with van der Waals surface area (Å²) in [7, 11) is 0. The van der Waals surface area contributed by atoms with Gasteiger partial charge in [-0.3, -0.25) is 4.79 Å². The lowest BCUT2D eigenvalue weighted by atomic mass is 10.1. The molecule has 0 aliphatic rings. The summed E-state index contributed by atoms with van der Waals surface area (Å²) in [6, 6.07) is 6.59. The highest BCUT2D eigenvalue weighted by molar-refractivity contribution is 5.75. The lowest BCUT2D eigenvalue weighted by Crippen LogP contribution is -2.22. The van der Waals surface area contributed by atoms with Crippen molar-refractivity contribution >= 4 is 5.91 Å². The fourth-order valence-corrected chi connectivity index (χ4v) is 2.23. The molecule has 136 valence electrons. The van der Waals surface area contributed by atoms with Crippen LogP contribution < -0.4 is 5.32 Å². The first kappa shape index (κ1) is 19.0. The lowest BCUT2D eigenvalue weighted by Gasteiger charge is -2.06. The lowest BCUT2D eigenvalue weighted by molar-refractivity contribution is -0.159. The molecule has 0 aliphatic carbocycles. The van der Waals surface area contributed by atoms with Crippen molar-refractivity contribution in [2.24, 2.45) is 0 Å². The zero-order valence-corrected chi connectivity index (χ0v) is 13.9. The third kappa shape index (κ3) is 5.88. The van der Waals surface area contributed by atoms with Crippen LogP contribution in [0.15, 0.2) is 28.8 Å². The standard InChI is InChI=1S/C17H20F3N3O2/c1-2-3-4-5-6-14(24)21-11-12-7-9-13(10-8-12)15-22-16(25-23-15)17(18,19)20/h7-10H,2-6,11H2,1H3,(H,21,24). The van der Waals surface area contributed by atoms with Crippen LogP contribution in [0.3, 0.4) is 0 Å². The van der Waals surface area contributed by atoms with Crippen LogP contribution in [0.5, 0.6) is 0 Å². The molecule has 0 saturated carbocycles. The van der Waals surface area contributed by atoms with Gasteiger partial charge in [-0.1, -0.05) is 55.6 Å². The van der Waals surface area contributed by atoms with E-state index in [2.05, 4.69) is 26.9 Å². The van der Waals surface area contributed by atoms with Gasteiger partial charge in [0.15, 0.2) is 0 Å². The molecule has 0 unspecified atom stereocenters. The van der Waals surface area contributed by atoms with Crippen LogP contribution in [0, 0.1) is 0 Å². The minimum Gasteiger partial charge on any atom is -0.352 e. The minimum atomic E-state index is -4.66. The Bertz CT molecular complexity index is 681. The average molecular weight is 355 g/mol. The van der Waals surface area contributed by atoms with E-state index in [9.17, 15) is 18.0 Å². The maximum absolute atomic E-state index is 12.5. The highest BCUT2D eigenvalue weighted by Crippen LogP contribution is 2.29. The predicted octanol–water partition coefficient (Wildman–Crippen LogP) is 4.34. The molecule has 1 aromatic heterocycles. The second kappa shape index (κ2) is 8.64. The molecule has 0 atom stereocenters. The number of nitrogens with one attached hydrogen (secondary N) is 1. The predicted molar refractivity (Wildman–Crippen MR) is 85.3 cm³/mol. The Balaban J connectivity index is 1.85. The Labute approximate surface area is 143 Å². The second-order valence-electron chi connectivity index (χ2n) is 5.71. The number of hydrogen-bond donors (Lipinski definition) is 1. The van der Waals surface area contributed by atoms with E-state index in [1.807, 2.05) is 0 Å². The Kier molecular flexibility index (Phi) is 6.55. The topological polar surface area (TPSA) is 68.0 Å². The number of nitrogens with zero attached hydrogens (tertiary/aromatic N) is 2. The summed E-state index contributed by atoms with van der Waals surface area (Å²) < 4.78 is 41.6. The second-order valence-corrected chi connectivity index (χ2v) is 5.71. The van der Waals surface area contributed by atoms with Gasteiger partial charge in [-0.05, 0) is 12.0 Å². The minimum absolute atomic E-state index is 0.00633. The van der Waals surface area contributed by atoms with E-state index in [4.69, 9.17) is 0 Å². The van der Waals surface area contributed by atoms with Crippen LogP contribution in [-0.2, 0) is 17.5 Å². The monoisotopic (exact) mass is 355 g/mol. The molecule has 0 aliphatic heterocycles. The van der Waals surface area contributed by atoms with E-state index < -0.39 is 12.1 Å². The van der Waals surface area contributed by atoms with Crippen molar-refractivity contribution in [3.8, 4) is 11.4 Å². The number of halogens is 3. The Morgan fingerprint density at radius 1 is 1.16 bits per heavy atom. The summed E-state index contributed by atoms with van der Waals surface area (Å²) in [5, 5.41) is 6.15. The van der Waals surface area contributed by atoms with E-state index in [-0.39, 0.29) is 11.7 Å². The van der Waals surface area contributed by atoms with Gasteiger partial charge in [0.2, 0.25) is 11.7 Å². The van der Waals surface area contributed by atoms with Crippen molar-refractivity contribution in [1.82, 2.24) is 15.5 Å². The quantitative estimate of drug-likeness (QED) is 0.715. The number of alkyl halides is 3. The van der Waals surface area contributed by atoms with Gasteiger partial charge in [0.1, 0.15) is 0 Å². The molecular weight excluding hydrogens is 335 g/mol. The van der Waals surface area contributed by atoms with Gasteiger partial charge in [-0.2, -0.15) is 18.2 Å². The first-order chi connectivity index (χ1) is 11.9. The zero-order chi connectivity index (χ0) is 18.3. The van der Waals surface area contributed by atoms with Gasteiger partial charge in [0.05, 0.1) is 0 Å². The number of aromatic nitrogens is 2. The SMILES string of the molecule is CCCCCCC(=O)NCc1ccc(-c2noc(C(F)(F)F)n2)cc1. The number of rotatable bonds is 8. The molecule has 8 heteroatoms. The summed E-state index contributed by atoms with van der Waals surface area (Å²) in [5.74, 6) is -1.51. The largest absolute Gasteiger partial charge is 0.471 e. The van der Waals surface area contributed by atoms with E-state index in [0.717, 1.165) is 31.2 Å². The number of carbonyl (C=O) groups is 1. The van der Waals surface area contributed by atoms with Gasteiger partial charge in [0.25, 0.3) is 0 Å². The van der Waals surface area contributed by atoms with E-state index in [0.29, 0.717) is 18.5 Å². The molecule has 0 spiro atoms. The maximum atomic E-state index is 12.5. The van der Waals surface area contributed by atoms with Gasteiger partial charge in [-0.15, -0.1) is 0 Å². The Morgan fingerprint density at radius 3 is 2.48 bits per heavy atom. The molecule has 0 radical (unpaired) electrons. The summed E-state index contributed by atoms with van der Waals surface area (Å²) in [6.45, 7) is 2.48. The fraction of sp³-hybridized carbons (Fsp3) is 0.471. The van der Waals surface area contributed by atoms with Gasteiger partial charge in [-0.25, -0.2) is 0 Å². The normalized spacial score (nSPS) is 11.5. The van der Waals surface area contributed by atoms with Crippen LogP contribution in [0.4, 0.5) is 13.2 Å². The molecule has 1 N–H and O–H groups in total. The average Bonchev–Trinajstić information content (AvgIpc) is 3.08. The first-order valence-corrected chi connectivity index (χ1v) is 8.17. The number of amides is 1. The van der Waals surface area contributed by atoms with E-state index >= 15 is 0 Å². The molecule has 2 rings (SSSR count). The first-order valence-electron chi connectivity index (χ1n) is 8.17. The van der Waals surface area contributed by atoms with Crippen LogP contribution in [-0.4, -0.2) is 16.0 Å². The smallest absolute Gasteiger partial charge is 0.352 e. The van der Waals surface area contributed by atoms with E-state index in [1.165, 1.54) is 0 Å².